The van der Waals surface area contributed by atoms with Crippen LogP contribution in [0.5, 0.6) is 5.75 Å². The third kappa shape index (κ3) is 4.85. The van der Waals surface area contributed by atoms with Gasteiger partial charge < -0.3 is 9.47 Å². The van der Waals surface area contributed by atoms with Crippen LogP contribution in [0.3, 0.4) is 0 Å². The van der Waals surface area contributed by atoms with Crippen molar-refractivity contribution in [2.45, 2.75) is 51.0 Å². The third-order valence-corrected chi connectivity index (χ3v) is 4.87. The molecule has 1 aliphatic rings. The highest BCUT2D eigenvalue weighted by atomic mass is 16.5. The topological polar surface area (TPSA) is 35.5 Å². The molecular weight excluding hydrogens is 312 g/mol. The molecule has 3 rings (SSSR count). The molecule has 0 saturated heterocycles. The maximum atomic E-state index is 11.4. The zero-order chi connectivity index (χ0) is 17.5. The molecule has 0 aromatic heterocycles. The third-order valence-electron chi connectivity index (χ3n) is 4.87. The molecule has 0 N–H and O–H groups in total. The zero-order valence-electron chi connectivity index (χ0n) is 14.9. The van der Waals surface area contributed by atoms with Gasteiger partial charge in [0, 0.05) is 18.4 Å². The zero-order valence-corrected chi connectivity index (χ0v) is 14.9. The fourth-order valence-corrected chi connectivity index (χ4v) is 3.48. The molecule has 1 heterocycles. The highest BCUT2D eigenvalue weighted by Crippen LogP contribution is 2.33. The average Bonchev–Trinajstić information content (AvgIpc) is 3.07. The monoisotopic (exact) mass is 338 g/mol. The van der Waals surface area contributed by atoms with E-state index in [4.69, 9.17) is 9.47 Å². The Balaban J connectivity index is 1.47. The van der Waals surface area contributed by atoms with Gasteiger partial charge in [-0.3, -0.25) is 4.79 Å². The van der Waals surface area contributed by atoms with Gasteiger partial charge in [-0.25, -0.2) is 0 Å². The minimum Gasteiger partial charge on any atom is -0.490 e. The van der Waals surface area contributed by atoms with Crippen LogP contribution in [0.15, 0.2) is 48.5 Å². The summed E-state index contributed by atoms with van der Waals surface area (Å²) in [7, 11) is 1.44. The largest absolute Gasteiger partial charge is 0.490 e. The molecule has 0 amide bonds. The second kappa shape index (κ2) is 8.70. The van der Waals surface area contributed by atoms with E-state index in [1.54, 1.807) is 0 Å². The molecule has 0 fully saturated rings. The van der Waals surface area contributed by atoms with Crippen LogP contribution >= 0.6 is 0 Å². The van der Waals surface area contributed by atoms with Crippen molar-refractivity contribution in [3.8, 4) is 5.75 Å². The predicted octanol–water partition coefficient (Wildman–Crippen LogP) is 4.51. The van der Waals surface area contributed by atoms with Crippen LogP contribution in [0.25, 0.3) is 0 Å². The van der Waals surface area contributed by atoms with Crippen LogP contribution in [0.1, 0.15) is 42.4 Å². The molecule has 25 heavy (non-hydrogen) atoms. The smallest absolute Gasteiger partial charge is 0.305 e. The summed E-state index contributed by atoms with van der Waals surface area (Å²) in [6, 6.07) is 16.8. The van der Waals surface area contributed by atoms with E-state index in [0.717, 1.165) is 31.4 Å². The molecule has 1 atom stereocenters. The normalized spacial score (nSPS) is 15.5. The van der Waals surface area contributed by atoms with Gasteiger partial charge >= 0.3 is 5.97 Å². The molecular formula is C22H26O3. The lowest BCUT2D eigenvalue weighted by atomic mass is 9.97. The van der Waals surface area contributed by atoms with E-state index < -0.39 is 0 Å². The van der Waals surface area contributed by atoms with Crippen LogP contribution in [-0.4, -0.2) is 19.2 Å². The summed E-state index contributed by atoms with van der Waals surface area (Å²) >= 11 is 0. The van der Waals surface area contributed by atoms with Crippen molar-refractivity contribution >= 4 is 5.97 Å². The predicted molar refractivity (Wildman–Crippen MR) is 98.9 cm³/mol. The average molecular weight is 338 g/mol. The number of hydrogen-bond acceptors (Lipinski definition) is 3. The maximum absolute atomic E-state index is 11.4. The van der Waals surface area contributed by atoms with E-state index in [1.807, 2.05) is 12.1 Å². The number of fused-ring (bicyclic) bond motifs is 1. The molecule has 0 unspecified atom stereocenters. The lowest BCUT2D eigenvalue weighted by Crippen LogP contribution is -2.12. The molecule has 2 aromatic rings. The van der Waals surface area contributed by atoms with E-state index >= 15 is 0 Å². The van der Waals surface area contributed by atoms with Crippen molar-refractivity contribution in [2.75, 3.05) is 7.11 Å². The standard InChI is InChI=1S/C22H26O3/c1-24-22(23)15-14-18-11-7-13-21-20(18)16-19(25-21)12-6-5-10-17-8-3-2-4-9-17/h2-4,7-9,11,13,19H,5-6,10,12,14-16H2,1H3/t19-/m1/s1. The number of aryl methyl sites for hydroxylation is 2. The van der Waals surface area contributed by atoms with Crippen molar-refractivity contribution < 1.29 is 14.3 Å². The first-order valence-electron chi connectivity index (χ1n) is 9.14. The highest BCUT2D eigenvalue weighted by molar-refractivity contribution is 5.69. The van der Waals surface area contributed by atoms with Crippen molar-refractivity contribution in [3.63, 3.8) is 0 Å². The number of ether oxygens (including phenoxy) is 2. The molecule has 3 heteroatoms. The minimum atomic E-state index is -0.158. The van der Waals surface area contributed by atoms with Gasteiger partial charge in [0.2, 0.25) is 0 Å². The molecule has 0 saturated carbocycles. The minimum absolute atomic E-state index is 0.158. The van der Waals surface area contributed by atoms with Crippen LogP contribution in [-0.2, 0) is 28.8 Å². The van der Waals surface area contributed by atoms with Gasteiger partial charge in [0.15, 0.2) is 0 Å². The van der Waals surface area contributed by atoms with Crippen molar-refractivity contribution in [1.82, 2.24) is 0 Å². The molecule has 0 bridgehead atoms. The van der Waals surface area contributed by atoms with Gasteiger partial charge in [-0.2, -0.15) is 0 Å². The molecule has 1 aliphatic heterocycles. The Morgan fingerprint density at radius 1 is 1.08 bits per heavy atom. The maximum Gasteiger partial charge on any atom is 0.305 e. The number of esters is 1. The summed E-state index contributed by atoms with van der Waals surface area (Å²) in [4.78, 5) is 11.4. The Labute approximate surface area is 150 Å². The molecule has 0 spiro atoms. The highest BCUT2D eigenvalue weighted by Gasteiger charge is 2.24. The SMILES string of the molecule is COC(=O)CCc1cccc2c1C[C@@H](CCCCc1ccccc1)O2. The van der Waals surface area contributed by atoms with Crippen molar-refractivity contribution in [1.29, 1.82) is 0 Å². The Morgan fingerprint density at radius 2 is 1.92 bits per heavy atom. The van der Waals surface area contributed by atoms with E-state index in [0.29, 0.717) is 6.42 Å². The van der Waals surface area contributed by atoms with Gasteiger partial charge in [-0.15, -0.1) is 0 Å². The summed E-state index contributed by atoms with van der Waals surface area (Å²) in [5, 5.41) is 0. The van der Waals surface area contributed by atoms with Gasteiger partial charge in [0.25, 0.3) is 0 Å². The van der Waals surface area contributed by atoms with E-state index in [-0.39, 0.29) is 12.1 Å². The molecule has 3 nitrogen and oxygen atoms in total. The fraction of sp³-hybridized carbons (Fsp3) is 0.409. The number of methoxy groups -OCH3 is 1. The van der Waals surface area contributed by atoms with E-state index in [2.05, 4.69) is 36.4 Å². The van der Waals surface area contributed by atoms with Crippen LogP contribution in [0.2, 0.25) is 0 Å². The summed E-state index contributed by atoms with van der Waals surface area (Å²) < 4.78 is 10.9. The summed E-state index contributed by atoms with van der Waals surface area (Å²) in [6.07, 6.45) is 6.95. The second-order valence-electron chi connectivity index (χ2n) is 6.65. The Kier molecular flexibility index (Phi) is 6.10. The van der Waals surface area contributed by atoms with Crippen molar-refractivity contribution in [2.24, 2.45) is 0 Å². The Hall–Kier alpha value is -2.29. The van der Waals surface area contributed by atoms with Gasteiger partial charge in [0.1, 0.15) is 11.9 Å². The lowest BCUT2D eigenvalue weighted by molar-refractivity contribution is -0.140. The number of carbonyl (C=O) groups excluding carboxylic acids is 1. The van der Waals surface area contributed by atoms with Crippen LogP contribution in [0.4, 0.5) is 0 Å². The van der Waals surface area contributed by atoms with Crippen LogP contribution in [0, 0.1) is 0 Å². The first-order valence-corrected chi connectivity index (χ1v) is 9.14. The molecule has 0 radical (unpaired) electrons. The van der Waals surface area contributed by atoms with E-state index in [1.165, 1.54) is 36.6 Å². The van der Waals surface area contributed by atoms with Crippen LogP contribution < -0.4 is 4.74 Å². The quantitative estimate of drug-likeness (QED) is 0.525. The first kappa shape index (κ1) is 17.5. The Bertz CT molecular complexity index is 694. The molecule has 2 aromatic carbocycles. The summed E-state index contributed by atoms with van der Waals surface area (Å²) in [6.45, 7) is 0. The van der Waals surface area contributed by atoms with E-state index in [9.17, 15) is 4.79 Å². The Morgan fingerprint density at radius 3 is 2.72 bits per heavy atom. The van der Waals surface area contributed by atoms with Crippen molar-refractivity contribution in [3.05, 3.63) is 65.2 Å². The number of benzene rings is 2. The number of carbonyl (C=O) groups is 1. The number of rotatable bonds is 8. The first-order chi connectivity index (χ1) is 12.3. The summed E-state index contributed by atoms with van der Waals surface area (Å²) in [5.41, 5.74) is 3.90. The number of hydrogen-bond donors (Lipinski definition) is 0. The van der Waals surface area contributed by atoms with Gasteiger partial charge in [0.05, 0.1) is 7.11 Å². The fourth-order valence-electron chi connectivity index (χ4n) is 3.48. The van der Waals surface area contributed by atoms with Gasteiger partial charge in [-0.05, 0) is 49.3 Å². The molecule has 132 valence electrons. The summed E-state index contributed by atoms with van der Waals surface area (Å²) in [5.74, 6) is 0.837. The second-order valence-corrected chi connectivity index (χ2v) is 6.65. The number of unbranched alkanes of at least 4 members (excludes halogenated alkanes) is 1. The molecule has 0 aliphatic carbocycles. The lowest BCUT2D eigenvalue weighted by Gasteiger charge is -2.10. The van der Waals surface area contributed by atoms with Gasteiger partial charge in [-0.1, -0.05) is 42.5 Å².